The largest absolute Gasteiger partial charge is 0.495 e. The maximum absolute atomic E-state index is 8.85. The normalized spacial score (nSPS) is 9.65. The van der Waals surface area contributed by atoms with Crippen LogP contribution in [0.3, 0.4) is 0 Å². The number of hydrogen-bond acceptors (Lipinski definition) is 8. The fourth-order valence-corrected chi connectivity index (χ4v) is 1.50. The second-order valence-corrected chi connectivity index (χ2v) is 3.66. The Morgan fingerprint density at radius 3 is 2.65 bits per heavy atom. The molecule has 1 heterocycles. The van der Waals surface area contributed by atoms with Crippen molar-refractivity contribution in [2.75, 3.05) is 25.3 Å². The third-order valence-electron chi connectivity index (χ3n) is 2.39. The second kappa shape index (κ2) is 5.71. The first-order valence-electron chi connectivity index (χ1n) is 5.57. The number of aromatic nitrogens is 3. The van der Waals surface area contributed by atoms with Crippen LogP contribution in [0.1, 0.15) is 5.56 Å². The smallest absolute Gasteiger partial charge is 0.322 e. The lowest BCUT2D eigenvalue weighted by molar-refractivity contribution is 0.380. The van der Waals surface area contributed by atoms with Crippen LogP contribution in [0.4, 0.5) is 17.6 Å². The molecule has 102 valence electrons. The van der Waals surface area contributed by atoms with Gasteiger partial charge in [-0.25, -0.2) is 0 Å². The molecular weight excluding hydrogens is 260 g/mol. The third-order valence-corrected chi connectivity index (χ3v) is 2.39. The molecule has 3 N–H and O–H groups in total. The molecule has 0 unspecified atom stereocenters. The Morgan fingerprint density at radius 2 is 2.00 bits per heavy atom. The van der Waals surface area contributed by atoms with Crippen LogP contribution in [0.15, 0.2) is 18.2 Å². The number of methoxy groups -OCH3 is 2. The highest BCUT2D eigenvalue weighted by Crippen LogP contribution is 2.27. The number of ether oxygens (including phenoxy) is 2. The first-order valence-corrected chi connectivity index (χ1v) is 5.57. The number of nitrogens with one attached hydrogen (secondary N) is 1. The van der Waals surface area contributed by atoms with E-state index in [1.165, 1.54) is 14.2 Å². The van der Waals surface area contributed by atoms with Crippen molar-refractivity contribution in [3.8, 4) is 17.8 Å². The van der Waals surface area contributed by atoms with E-state index in [9.17, 15) is 0 Å². The highest BCUT2D eigenvalue weighted by atomic mass is 16.5. The van der Waals surface area contributed by atoms with E-state index < -0.39 is 0 Å². The van der Waals surface area contributed by atoms with E-state index in [1.807, 2.05) is 6.07 Å². The Hall–Kier alpha value is -3.08. The Morgan fingerprint density at radius 1 is 1.20 bits per heavy atom. The van der Waals surface area contributed by atoms with Crippen LogP contribution in [-0.2, 0) is 0 Å². The Kier molecular flexibility index (Phi) is 3.81. The molecule has 0 fully saturated rings. The summed E-state index contributed by atoms with van der Waals surface area (Å²) >= 11 is 0. The fourth-order valence-electron chi connectivity index (χ4n) is 1.50. The minimum atomic E-state index is 0.0342. The molecule has 0 bridgehead atoms. The van der Waals surface area contributed by atoms with Crippen molar-refractivity contribution in [2.24, 2.45) is 0 Å². The van der Waals surface area contributed by atoms with Gasteiger partial charge in [-0.3, -0.25) is 0 Å². The van der Waals surface area contributed by atoms with Crippen molar-refractivity contribution in [3.63, 3.8) is 0 Å². The average Bonchev–Trinajstić information content (AvgIpc) is 2.47. The fraction of sp³-hybridized carbons (Fsp3) is 0.167. The van der Waals surface area contributed by atoms with Crippen molar-refractivity contribution >= 4 is 17.6 Å². The van der Waals surface area contributed by atoms with E-state index in [4.69, 9.17) is 20.5 Å². The minimum absolute atomic E-state index is 0.0342. The summed E-state index contributed by atoms with van der Waals surface area (Å²) in [5.74, 6) is 0.742. The maximum atomic E-state index is 8.85. The maximum Gasteiger partial charge on any atom is 0.322 e. The van der Waals surface area contributed by atoms with Crippen molar-refractivity contribution in [1.29, 1.82) is 5.26 Å². The molecule has 8 heteroatoms. The van der Waals surface area contributed by atoms with Crippen molar-refractivity contribution < 1.29 is 9.47 Å². The van der Waals surface area contributed by atoms with Gasteiger partial charge in [-0.2, -0.15) is 20.2 Å². The topological polar surface area (TPSA) is 119 Å². The summed E-state index contributed by atoms with van der Waals surface area (Å²) in [5, 5.41) is 11.8. The number of nitrogens with two attached hydrogens (primary N) is 1. The van der Waals surface area contributed by atoms with Gasteiger partial charge in [-0.15, -0.1) is 0 Å². The molecule has 0 spiro atoms. The van der Waals surface area contributed by atoms with E-state index in [-0.39, 0.29) is 17.9 Å². The Bertz CT molecular complexity index is 667. The van der Waals surface area contributed by atoms with E-state index in [1.54, 1.807) is 18.2 Å². The standard InChI is InChI=1S/C12H12N6O2/c1-19-9-5-7(6-13)3-4-8(9)15-11-16-10(14)17-12(18-11)20-2/h3-5H,1-2H3,(H3,14,15,16,17,18). The van der Waals surface area contributed by atoms with E-state index >= 15 is 0 Å². The van der Waals surface area contributed by atoms with Gasteiger partial charge < -0.3 is 20.5 Å². The lowest BCUT2D eigenvalue weighted by Gasteiger charge is -2.10. The van der Waals surface area contributed by atoms with E-state index in [0.29, 0.717) is 17.0 Å². The zero-order valence-electron chi connectivity index (χ0n) is 10.9. The summed E-state index contributed by atoms with van der Waals surface area (Å²) in [5.41, 5.74) is 6.63. The third kappa shape index (κ3) is 2.84. The number of anilines is 3. The van der Waals surface area contributed by atoms with Crippen LogP contribution >= 0.6 is 0 Å². The zero-order valence-corrected chi connectivity index (χ0v) is 10.9. The number of benzene rings is 1. The zero-order chi connectivity index (χ0) is 14.5. The molecule has 1 aromatic heterocycles. The highest BCUT2D eigenvalue weighted by Gasteiger charge is 2.09. The number of rotatable bonds is 4. The van der Waals surface area contributed by atoms with Crippen LogP contribution < -0.4 is 20.5 Å². The lowest BCUT2D eigenvalue weighted by Crippen LogP contribution is -2.05. The van der Waals surface area contributed by atoms with Crippen molar-refractivity contribution in [1.82, 2.24) is 15.0 Å². The summed E-state index contributed by atoms with van der Waals surface area (Å²) in [4.78, 5) is 11.7. The summed E-state index contributed by atoms with van der Waals surface area (Å²) in [6.45, 7) is 0. The summed E-state index contributed by atoms with van der Waals surface area (Å²) in [6.07, 6.45) is 0. The number of hydrogen-bond donors (Lipinski definition) is 2. The van der Waals surface area contributed by atoms with Crippen LogP contribution in [0.25, 0.3) is 0 Å². The number of nitrogens with zero attached hydrogens (tertiary/aromatic N) is 4. The molecule has 0 saturated carbocycles. The number of nitrogen functional groups attached to an aromatic ring is 1. The summed E-state index contributed by atoms with van der Waals surface area (Å²) in [6, 6.07) is 7.07. The average molecular weight is 272 g/mol. The summed E-state index contributed by atoms with van der Waals surface area (Å²) in [7, 11) is 2.94. The monoisotopic (exact) mass is 272 g/mol. The molecule has 8 nitrogen and oxygen atoms in total. The second-order valence-electron chi connectivity index (χ2n) is 3.66. The molecule has 0 aliphatic rings. The first-order chi connectivity index (χ1) is 9.66. The van der Waals surface area contributed by atoms with Crippen LogP contribution in [0.5, 0.6) is 11.8 Å². The van der Waals surface area contributed by atoms with Gasteiger partial charge in [0.05, 0.1) is 31.5 Å². The summed E-state index contributed by atoms with van der Waals surface area (Å²) < 4.78 is 10.1. The van der Waals surface area contributed by atoms with Gasteiger partial charge in [-0.1, -0.05) is 0 Å². The van der Waals surface area contributed by atoms with Gasteiger partial charge in [0, 0.05) is 6.07 Å². The predicted octanol–water partition coefficient (Wildman–Crippen LogP) is 1.09. The van der Waals surface area contributed by atoms with Crippen LogP contribution in [-0.4, -0.2) is 29.2 Å². The van der Waals surface area contributed by atoms with Crippen LogP contribution in [0.2, 0.25) is 0 Å². The molecule has 2 aromatic rings. The molecule has 0 saturated heterocycles. The lowest BCUT2D eigenvalue weighted by atomic mass is 10.2. The van der Waals surface area contributed by atoms with Gasteiger partial charge in [0.15, 0.2) is 0 Å². The quantitative estimate of drug-likeness (QED) is 0.848. The van der Waals surface area contributed by atoms with Gasteiger partial charge in [0.2, 0.25) is 11.9 Å². The molecule has 0 aliphatic carbocycles. The van der Waals surface area contributed by atoms with E-state index in [2.05, 4.69) is 20.3 Å². The molecule has 20 heavy (non-hydrogen) atoms. The number of nitriles is 1. The van der Waals surface area contributed by atoms with Gasteiger partial charge in [0.25, 0.3) is 0 Å². The predicted molar refractivity (Wildman–Crippen MR) is 71.8 cm³/mol. The molecular formula is C12H12N6O2. The molecule has 0 amide bonds. The Labute approximate surface area is 115 Å². The van der Waals surface area contributed by atoms with E-state index in [0.717, 1.165) is 0 Å². The first kappa shape index (κ1) is 13.4. The molecule has 0 radical (unpaired) electrons. The van der Waals surface area contributed by atoms with Crippen molar-refractivity contribution in [3.05, 3.63) is 23.8 Å². The van der Waals surface area contributed by atoms with Gasteiger partial charge in [0.1, 0.15) is 5.75 Å². The molecule has 0 aliphatic heterocycles. The highest BCUT2D eigenvalue weighted by molar-refractivity contribution is 5.64. The molecule has 1 aromatic carbocycles. The minimum Gasteiger partial charge on any atom is -0.495 e. The van der Waals surface area contributed by atoms with Gasteiger partial charge >= 0.3 is 6.01 Å². The van der Waals surface area contributed by atoms with Gasteiger partial charge in [-0.05, 0) is 12.1 Å². The van der Waals surface area contributed by atoms with Crippen molar-refractivity contribution in [2.45, 2.75) is 0 Å². The molecule has 2 rings (SSSR count). The Balaban J connectivity index is 2.34. The molecule has 0 atom stereocenters. The van der Waals surface area contributed by atoms with Crippen LogP contribution in [0, 0.1) is 11.3 Å². The SMILES string of the molecule is COc1nc(N)nc(Nc2ccc(C#N)cc2OC)n1.